The highest BCUT2D eigenvalue weighted by molar-refractivity contribution is 8.13. The summed E-state index contributed by atoms with van der Waals surface area (Å²) in [5.74, 6) is 1.46. The van der Waals surface area contributed by atoms with E-state index in [1.165, 1.54) is 11.0 Å². The molecule has 21 heavy (non-hydrogen) atoms. The molecule has 0 amide bonds. The fourth-order valence-corrected chi connectivity index (χ4v) is 3.77. The fourth-order valence-electron chi connectivity index (χ4n) is 1.82. The number of rotatable bonds is 6. The molecule has 0 saturated carbocycles. The van der Waals surface area contributed by atoms with Crippen LogP contribution in [0.25, 0.3) is 0 Å². The first-order valence-corrected chi connectivity index (χ1v) is 9.62. The van der Waals surface area contributed by atoms with Crippen LogP contribution < -0.4 is 4.74 Å². The van der Waals surface area contributed by atoms with E-state index < -0.39 is 9.05 Å². The summed E-state index contributed by atoms with van der Waals surface area (Å²) in [6, 6.07) is 14.9. The van der Waals surface area contributed by atoms with Gasteiger partial charge in [0.05, 0.1) is 11.5 Å². The number of thioether (sulfide) groups is 1. The molecule has 0 aliphatic rings. The maximum Gasteiger partial charge on any atom is 0.261 e. The van der Waals surface area contributed by atoms with E-state index in [0.29, 0.717) is 17.9 Å². The van der Waals surface area contributed by atoms with E-state index >= 15 is 0 Å². The topological polar surface area (TPSA) is 43.4 Å². The zero-order valence-corrected chi connectivity index (χ0v) is 13.8. The highest BCUT2D eigenvalue weighted by Crippen LogP contribution is 2.24. The lowest BCUT2D eigenvalue weighted by atomic mass is 10.2. The van der Waals surface area contributed by atoms with E-state index in [9.17, 15) is 8.42 Å². The molecule has 0 heterocycles. The summed E-state index contributed by atoms with van der Waals surface area (Å²) in [6.45, 7) is 2.24. The summed E-state index contributed by atoms with van der Waals surface area (Å²) in [5.41, 5.74) is 0.582. The molecule has 0 saturated heterocycles. The molecule has 2 aromatic rings. The molecule has 0 atom stereocenters. The molecule has 0 fully saturated rings. The molecule has 112 valence electrons. The van der Waals surface area contributed by atoms with Gasteiger partial charge in [0.1, 0.15) is 5.75 Å². The maximum absolute atomic E-state index is 11.3. The minimum absolute atomic E-state index is 0.121. The molecule has 3 nitrogen and oxygen atoms in total. The normalized spacial score (nSPS) is 11.3. The first-order chi connectivity index (χ1) is 9.97. The molecule has 0 unspecified atom stereocenters. The standard InChI is InChI=1S/C15H15ClO3S2/c1-12-11-13(7-8-15(12)21(16,17)18)19-9-10-20-14-5-3-2-4-6-14/h2-8,11H,9-10H2,1H3. The van der Waals surface area contributed by atoms with Gasteiger partial charge in [0.15, 0.2) is 0 Å². The van der Waals surface area contributed by atoms with Gasteiger partial charge < -0.3 is 4.74 Å². The summed E-state index contributed by atoms with van der Waals surface area (Å²) >= 11 is 1.71. The number of benzene rings is 2. The van der Waals surface area contributed by atoms with Crippen LogP contribution in [0, 0.1) is 6.92 Å². The summed E-state index contributed by atoms with van der Waals surface area (Å²) in [5, 5.41) is 0. The van der Waals surface area contributed by atoms with Gasteiger partial charge in [0, 0.05) is 21.3 Å². The minimum Gasteiger partial charge on any atom is -0.493 e. The third-order valence-corrected chi connectivity index (χ3v) is 5.23. The average molecular weight is 343 g/mol. The first kappa shape index (κ1) is 16.2. The van der Waals surface area contributed by atoms with Gasteiger partial charge in [-0.3, -0.25) is 0 Å². The molecule has 0 aliphatic carbocycles. The van der Waals surface area contributed by atoms with Crippen molar-refractivity contribution in [2.24, 2.45) is 0 Å². The van der Waals surface area contributed by atoms with E-state index in [1.807, 2.05) is 18.2 Å². The van der Waals surface area contributed by atoms with Crippen molar-refractivity contribution in [2.75, 3.05) is 12.4 Å². The van der Waals surface area contributed by atoms with Crippen molar-refractivity contribution in [3.05, 3.63) is 54.1 Å². The van der Waals surface area contributed by atoms with Crippen molar-refractivity contribution >= 4 is 31.5 Å². The Morgan fingerprint density at radius 2 is 1.86 bits per heavy atom. The van der Waals surface area contributed by atoms with Gasteiger partial charge in [-0.2, -0.15) is 0 Å². The zero-order valence-electron chi connectivity index (χ0n) is 11.5. The van der Waals surface area contributed by atoms with Crippen LogP contribution in [0.5, 0.6) is 5.75 Å². The first-order valence-electron chi connectivity index (χ1n) is 6.33. The van der Waals surface area contributed by atoms with Crippen LogP contribution in [0.1, 0.15) is 5.56 Å². The maximum atomic E-state index is 11.3. The van der Waals surface area contributed by atoms with Crippen LogP contribution in [0.4, 0.5) is 0 Å². The summed E-state index contributed by atoms with van der Waals surface area (Å²) in [4.78, 5) is 1.32. The number of ether oxygens (including phenoxy) is 1. The van der Waals surface area contributed by atoms with Crippen LogP contribution in [-0.4, -0.2) is 20.8 Å². The molecular weight excluding hydrogens is 328 g/mol. The largest absolute Gasteiger partial charge is 0.493 e. The fraction of sp³-hybridized carbons (Fsp3) is 0.200. The number of hydrogen-bond donors (Lipinski definition) is 0. The molecule has 2 rings (SSSR count). The Balaban J connectivity index is 1.88. The van der Waals surface area contributed by atoms with Crippen molar-refractivity contribution in [3.8, 4) is 5.75 Å². The summed E-state index contributed by atoms with van der Waals surface area (Å²) in [6.07, 6.45) is 0. The molecule has 0 N–H and O–H groups in total. The Morgan fingerprint density at radius 1 is 1.14 bits per heavy atom. The van der Waals surface area contributed by atoms with Crippen LogP contribution >= 0.6 is 22.4 Å². The van der Waals surface area contributed by atoms with Crippen molar-refractivity contribution in [1.82, 2.24) is 0 Å². The quantitative estimate of drug-likeness (QED) is 0.450. The Bertz CT molecular complexity index is 700. The Hall–Kier alpha value is -1.17. The van der Waals surface area contributed by atoms with Gasteiger partial charge in [-0.15, -0.1) is 11.8 Å². The van der Waals surface area contributed by atoms with Crippen LogP contribution in [0.2, 0.25) is 0 Å². The van der Waals surface area contributed by atoms with Crippen molar-refractivity contribution < 1.29 is 13.2 Å². The molecule has 0 radical (unpaired) electrons. The lowest BCUT2D eigenvalue weighted by molar-refractivity contribution is 0.343. The molecule has 0 aliphatic heterocycles. The Labute approximate surface area is 133 Å². The van der Waals surface area contributed by atoms with E-state index in [2.05, 4.69) is 12.1 Å². The number of aryl methyl sites for hydroxylation is 1. The van der Waals surface area contributed by atoms with Crippen molar-refractivity contribution in [2.45, 2.75) is 16.7 Å². The van der Waals surface area contributed by atoms with Gasteiger partial charge >= 0.3 is 0 Å². The van der Waals surface area contributed by atoms with Crippen molar-refractivity contribution in [1.29, 1.82) is 0 Å². The number of hydrogen-bond acceptors (Lipinski definition) is 4. The highest BCUT2D eigenvalue weighted by atomic mass is 35.7. The second kappa shape index (κ2) is 7.20. The van der Waals surface area contributed by atoms with Crippen LogP contribution in [-0.2, 0) is 9.05 Å². The van der Waals surface area contributed by atoms with Gasteiger partial charge in [0.2, 0.25) is 0 Å². The second-order valence-electron chi connectivity index (χ2n) is 4.38. The predicted molar refractivity (Wildman–Crippen MR) is 86.9 cm³/mol. The van der Waals surface area contributed by atoms with E-state index in [-0.39, 0.29) is 4.90 Å². The molecule has 2 aromatic carbocycles. The SMILES string of the molecule is Cc1cc(OCCSc2ccccc2)ccc1S(=O)(=O)Cl. The lowest BCUT2D eigenvalue weighted by Gasteiger charge is -2.08. The van der Waals surface area contributed by atoms with Gasteiger partial charge in [-0.1, -0.05) is 18.2 Å². The molecule has 6 heteroatoms. The second-order valence-corrected chi connectivity index (χ2v) is 8.08. The molecule has 0 aromatic heterocycles. The minimum atomic E-state index is -3.70. The smallest absolute Gasteiger partial charge is 0.261 e. The number of halogens is 1. The van der Waals surface area contributed by atoms with E-state index in [1.54, 1.807) is 30.8 Å². The predicted octanol–water partition coefficient (Wildman–Crippen LogP) is 4.09. The lowest BCUT2D eigenvalue weighted by Crippen LogP contribution is -2.01. The van der Waals surface area contributed by atoms with Gasteiger partial charge in [0.25, 0.3) is 9.05 Å². The third-order valence-electron chi connectivity index (χ3n) is 2.77. The monoisotopic (exact) mass is 342 g/mol. The Kier molecular flexibility index (Phi) is 5.56. The highest BCUT2D eigenvalue weighted by Gasteiger charge is 2.13. The third kappa shape index (κ3) is 4.95. The average Bonchev–Trinajstić information content (AvgIpc) is 2.43. The summed E-state index contributed by atoms with van der Waals surface area (Å²) < 4.78 is 28.2. The molecular formula is C15H15ClO3S2. The van der Waals surface area contributed by atoms with Crippen LogP contribution in [0.15, 0.2) is 58.3 Å². The van der Waals surface area contributed by atoms with Gasteiger partial charge in [-0.05, 0) is 42.8 Å². The van der Waals surface area contributed by atoms with E-state index in [4.69, 9.17) is 15.4 Å². The van der Waals surface area contributed by atoms with Crippen molar-refractivity contribution in [3.63, 3.8) is 0 Å². The Morgan fingerprint density at radius 3 is 2.48 bits per heavy atom. The molecule has 0 spiro atoms. The van der Waals surface area contributed by atoms with Gasteiger partial charge in [-0.25, -0.2) is 8.42 Å². The molecule has 0 bridgehead atoms. The van der Waals surface area contributed by atoms with E-state index in [0.717, 1.165) is 5.75 Å². The zero-order chi connectivity index (χ0) is 15.3. The van der Waals surface area contributed by atoms with Crippen LogP contribution in [0.3, 0.4) is 0 Å². The summed E-state index contributed by atoms with van der Waals surface area (Å²) in [7, 11) is 1.64.